The third kappa shape index (κ3) is 2.47. The van der Waals surface area contributed by atoms with Gasteiger partial charge in [-0.1, -0.05) is 25.1 Å². The van der Waals surface area contributed by atoms with Gasteiger partial charge >= 0.3 is 5.97 Å². The maximum absolute atomic E-state index is 10.9. The van der Waals surface area contributed by atoms with E-state index in [9.17, 15) is 4.79 Å². The molecule has 0 bridgehead atoms. The molecular formula is C13H14N6O2. The van der Waals surface area contributed by atoms with Gasteiger partial charge in [-0.05, 0) is 22.9 Å². The Kier molecular flexibility index (Phi) is 3.35. The minimum Gasteiger partial charge on any atom is -0.481 e. The molecule has 0 saturated carbocycles. The summed E-state index contributed by atoms with van der Waals surface area (Å²) in [4.78, 5) is 10.9. The second kappa shape index (κ2) is 5.31. The maximum Gasteiger partial charge on any atom is 0.306 e. The summed E-state index contributed by atoms with van der Waals surface area (Å²) in [5, 5.41) is 28.6. The maximum atomic E-state index is 10.9. The van der Waals surface area contributed by atoms with Gasteiger partial charge in [-0.2, -0.15) is 5.10 Å². The summed E-state index contributed by atoms with van der Waals surface area (Å²) in [5.74, 6) is -0.738. The van der Waals surface area contributed by atoms with Crippen molar-refractivity contribution in [3.05, 3.63) is 24.3 Å². The number of hydrogen-bond donors (Lipinski definition) is 2. The number of aromatic amines is 1. The molecule has 3 rings (SSSR count). The van der Waals surface area contributed by atoms with Crippen LogP contribution in [0.4, 0.5) is 0 Å². The van der Waals surface area contributed by atoms with Crippen LogP contribution in [0.2, 0.25) is 0 Å². The fraction of sp³-hybridized carbons (Fsp3) is 0.308. The van der Waals surface area contributed by atoms with Crippen LogP contribution in [0.3, 0.4) is 0 Å². The van der Waals surface area contributed by atoms with Crippen molar-refractivity contribution in [3.8, 4) is 11.5 Å². The third-order valence-corrected chi connectivity index (χ3v) is 3.41. The fourth-order valence-corrected chi connectivity index (χ4v) is 2.10. The summed E-state index contributed by atoms with van der Waals surface area (Å²) < 4.78 is 1.59. The highest BCUT2D eigenvalue weighted by molar-refractivity contribution is 5.90. The van der Waals surface area contributed by atoms with Crippen LogP contribution in [-0.4, -0.2) is 41.5 Å². The van der Waals surface area contributed by atoms with E-state index in [1.165, 1.54) is 0 Å². The quantitative estimate of drug-likeness (QED) is 0.732. The average molecular weight is 286 g/mol. The van der Waals surface area contributed by atoms with Gasteiger partial charge in [-0.15, -0.1) is 5.10 Å². The Morgan fingerprint density at radius 1 is 1.43 bits per heavy atom. The molecule has 0 spiro atoms. The van der Waals surface area contributed by atoms with Gasteiger partial charge in [-0.3, -0.25) is 9.89 Å². The van der Waals surface area contributed by atoms with Crippen LogP contribution in [0, 0.1) is 5.92 Å². The first-order chi connectivity index (χ1) is 10.2. The summed E-state index contributed by atoms with van der Waals surface area (Å²) in [6.45, 7) is 2.09. The van der Waals surface area contributed by atoms with Crippen molar-refractivity contribution in [2.24, 2.45) is 5.92 Å². The molecule has 1 unspecified atom stereocenters. The third-order valence-electron chi connectivity index (χ3n) is 3.41. The number of aliphatic carboxylic acids is 1. The van der Waals surface area contributed by atoms with Crippen molar-refractivity contribution in [2.45, 2.75) is 19.9 Å². The number of carboxylic acid groups (broad SMARTS) is 1. The molecule has 0 aliphatic rings. The molecule has 21 heavy (non-hydrogen) atoms. The molecule has 0 amide bonds. The molecule has 2 N–H and O–H groups in total. The number of carboxylic acids is 1. The minimum atomic E-state index is -0.824. The van der Waals surface area contributed by atoms with E-state index in [-0.39, 0.29) is 0 Å². The first-order valence-electron chi connectivity index (χ1n) is 6.59. The second-order valence-corrected chi connectivity index (χ2v) is 4.87. The predicted octanol–water partition coefficient (Wildman–Crippen LogP) is 1.33. The molecule has 1 atom stereocenters. The Labute approximate surface area is 119 Å². The topological polar surface area (TPSA) is 110 Å². The van der Waals surface area contributed by atoms with Crippen molar-refractivity contribution in [3.63, 3.8) is 0 Å². The number of tetrazole rings is 1. The molecular weight excluding hydrogens is 272 g/mol. The minimum absolute atomic E-state index is 0.428. The average Bonchev–Trinajstić information content (AvgIpc) is 3.10. The first kappa shape index (κ1) is 13.2. The Balaban J connectivity index is 1.90. The van der Waals surface area contributed by atoms with E-state index in [0.717, 1.165) is 10.9 Å². The molecule has 8 nitrogen and oxygen atoms in total. The van der Waals surface area contributed by atoms with Crippen LogP contribution >= 0.6 is 0 Å². The number of H-pyrrole nitrogens is 1. The first-order valence-corrected chi connectivity index (χ1v) is 6.59. The van der Waals surface area contributed by atoms with Gasteiger partial charge in [0.05, 0.1) is 11.4 Å². The summed E-state index contributed by atoms with van der Waals surface area (Å²) in [6.07, 6.45) is 0.454. The molecule has 0 radical (unpaired) electrons. The van der Waals surface area contributed by atoms with Gasteiger partial charge in [0.1, 0.15) is 5.69 Å². The van der Waals surface area contributed by atoms with Crippen molar-refractivity contribution in [2.75, 3.05) is 0 Å². The number of aryl methyl sites for hydroxylation is 1. The standard InChI is InChI=1S/C13H14N6O2/c1-8(13(20)21)6-7-19-12(16-17-18-19)11-9-4-2-3-5-10(9)14-15-11/h2-5,8H,6-7H2,1H3,(H,14,15)(H,20,21). The number of nitrogens with zero attached hydrogens (tertiary/aromatic N) is 5. The van der Waals surface area contributed by atoms with E-state index in [4.69, 9.17) is 5.11 Å². The van der Waals surface area contributed by atoms with Crippen LogP contribution < -0.4 is 0 Å². The number of aromatic nitrogens is 6. The number of para-hydroxylation sites is 1. The largest absolute Gasteiger partial charge is 0.481 e. The highest BCUT2D eigenvalue weighted by Gasteiger charge is 2.17. The predicted molar refractivity (Wildman–Crippen MR) is 74.3 cm³/mol. The number of carbonyl (C=O) groups is 1. The summed E-state index contributed by atoms with van der Waals surface area (Å²) in [5.41, 5.74) is 1.57. The van der Waals surface area contributed by atoms with Gasteiger partial charge in [0.2, 0.25) is 5.82 Å². The van der Waals surface area contributed by atoms with Crippen molar-refractivity contribution < 1.29 is 9.90 Å². The van der Waals surface area contributed by atoms with Crippen LogP contribution in [0.1, 0.15) is 13.3 Å². The SMILES string of the molecule is CC(CCn1nnnc1-c1n[nH]c2ccccc12)C(=O)O. The van der Waals surface area contributed by atoms with Crippen LogP contribution in [-0.2, 0) is 11.3 Å². The summed E-state index contributed by atoms with van der Waals surface area (Å²) >= 11 is 0. The molecule has 1 aromatic carbocycles. The molecule has 108 valence electrons. The lowest BCUT2D eigenvalue weighted by molar-refractivity contribution is -0.141. The van der Waals surface area contributed by atoms with Gasteiger partial charge < -0.3 is 5.11 Å². The molecule has 2 heterocycles. The van der Waals surface area contributed by atoms with Crippen molar-refractivity contribution in [1.29, 1.82) is 0 Å². The monoisotopic (exact) mass is 286 g/mol. The normalized spacial score (nSPS) is 12.6. The second-order valence-electron chi connectivity index (χ2n) is 4.87. The number of hydrogen-bond acceptors (Lipinski definition) is 5. The molecule has 0 aliphatic carbocycles. The van der Waals surface area contributed by atoms with Gasteiger partial charge in [-0.25, -0.2) is 4.68 Å². The zero-order valence-corrected chi connectivity index (χ0v) is 11.4. The van der Waals surface area contributed by atoms with Crippen LogP contribution in [0.15, 0.2) is 24.3 Å². The lowest BCUT2D eigenvalue weighted by atomic mass is 10.1. The highest BCUT2D eigenvalue weighted by Crippen LogP contribution is 2.24. The molecule has 0 fully saturated rings. The van der Waals surface area contributed by atoms with E-state index < -0.39 is 11.9 Å². The zero-order valence-electron chi connectivity index (χ0n) is 11.4. The smallest absolute Gasteiger partial charge is 0.306 e. The van der Waals surface area contributed by atoms with E-state index in [1.54, 1.807) is 11.6 Å². The van der Waals surface area contributed by atoms with E-state index in [0.29, 0.717) is 24.5 Å². The van der Waals surface area contributed by atoms with Gasteiger partial charge in [0, 0.05) is 11.9 Å². The molecule has 3 aromatic rings. The Morgan fingerprint density at radius 3 is 3.05 bits per heavy atom. The van der Waals surface area contributed by atoms with Crippen LogP contribution in [0.25, 0.3) is 22.4 Å². The summed E-state index contributed by atoms with van der Waals surface area (Å²) in [6, 6.07) is 7.70. The lowest BCUT2D eigenvalue weighted by Crippen LogP contribution is -2.14. The number of benzene rings is 1. The fourth-order valence-electron chi connectivity index (χ4n) is 2.10. The molecule has 8 heteroatoms. The molecule has 2 aromatic heterocycles. The lowest BCUT2D eigenvalue weighted by Gasteiger charge is -2.06. The van der Waals surface area contributed by atoms with E-state index >= 15 is 0 Å². The zero-order chi connectivity index (χ0) is 14.8. The number of rotatable bonds is 5. The van der Waals surface area contributed by atoms with Crippen molar-refractivity contribution >= 4 is 16.9 Å². The van der Waals surface area contributed by atoms with Crippen molar-refractivity contribution in [1.82, 2.24) is 30.4 Å². The van der Waals surface area contributed by atoms with E-state index in [2.05, 4.69) is 25.7 Å². The van der Waals surface area contributed by atoms with Gasteiger partial charge in [0.15, 0.2) is 0 Å². The summed E-state index contributed by atoms with van der Waals surface area (Å²) in [7, 11) is 0. The van der Waals surface area contributed by atoms with Gasteiger partial charge in [0.25, 0.3) is 0 Å². The number of nitrogens with one attached hydrogen (secondary N) is 1. The molecule has 0 aliphatic heterocycles. The van der Waals surface area contributed by atoms with Crippen LogP contribution in [0.5, 0.6) is 0 Å². The van der Waals surface area contributed by atoms with E-state index in [1.807, 2.05) is 24.3 Å². The Morgan fingerprint density at radius 2 is 2.24 bits per heavy atom. The Hall–Kier alpha value is -2.77. The molecule has 0 saturated heterocycles. The number of fused-ring (bicyclic) bond motifs is 1. The Bertz CT molecular complexity index is 778. The highest BCUT2D eigenvalue weighted by atomic mass is 16.4.